The van der Waals surface area contributed by atoms with Gasteiger partial charge < -0.3 is 10.5 Å². The third kappa shape index (κ3) is 3.43. The van der Waals surface area contributed by atoms with Crippen LogP contribution in [0, 0.1) is 0 Å². The minimum atomic E-state index is 0.798. The minimum absolute atomic E-state index is 0.798. The molecule has 2 nitrogen and oxygen atoms in total. The lowest BCUT2D eigenvalue weighted by molar-refractivity contribution is 0.412. The van der Waals surface area contributed by atoms with E-state index in [-0.39, 0.29) is 0 Å². The van der Waals surface area contributed by atoms with Crippen LogP contribution in [0.15, 0.2) is 51.8 Å². The van der Waals surface area contributed by atoms with E-state index in [1.165, 1.54) is 10.5 Å². The average Bonchev–Trinajstić information content (AvgIpc) is 2.38. The predicted octanol–water partition coefficient (Wildman–Crippen LogP) is 4.33. The molecule has 0 radical (unpaired) electrons. The highest BCUT2D eigenvalue weighted by molar-refractivity contribution is 9.10. The third-order valence-corrected chi connectivity index (χ3v) is 4.20. The van der Waals surface area contributed by atoms with Crippen LogP contribution in [0.25, 0.3) is 0 Å². The molecule has 18 heavy (non-hydrogen) atoms. The van der Waals surface area contributed by atoms with Crippen LogP contribution >= 0.6 is 27.7 Å². The lowest BCUT2D eigenvalue weighted by atomic mass is 10.2. The zero-order valence-corrected chi connectivity index (χ0v) is 12.4. The molecule has 0 aromatic heterocycles. The second-order valence-electron chi connectivity index (χ2n) is 3.83. The van der Waals surface area contributed by atoms with E-state index in [1.807, 2.05) is 30.3 Å². The molecule has 0 aliphatic heterocycles. The Morgan fingerprint density at radius 2 is 1.89 bits per heavy atom. The van der Waals surface area contributed by atoms with Crippen molar-refractivity contribution in [3.63, 3.8) is 0 Å². The Hall–Kier alpha value is -1.13. The molecule has 0 fully saturated rings. The standard InChI is InChI=1S/C14H14BrNOS/c1-17-14-7-2-10(8-13(14)15)9-18-12-5-3-11(16)4-6-12/h2-8H,9,16H2,1H3. The van der Waals surface area contributed by atoms with E-state index < -0.39 is 0 Å². The van der Waals surface area contributed by atoms with Gasteiger partial charge in [0.25, 0.3) is 0 Å². The van der Waals surface area contributed by atoms with Crippen molar-refractivity contribution in [1.29, 1.82) is 0 Å². The van der Waals surface area contributed by atoms with Gasteiger partial charge in [-0.3, -0.25) is 0 Å². The first kappa shape index (κ1) is 13.3. The molecule has 94 valence electrons. The molecule has 0 saturated heterocycles. The summed E-state index contributed by atoms with van der Waals surface area (Å²) in [5.41, 5.74) is 7.71. The molecule has 0 bridgehead atoms. The van der Waals surface area contributed by atoms with Crippen molar-refractivity contribution in [2.24, 2.45) is 0 Å². The van der Waals surface area contributed by atoms with Gasteiger partial charge in [-0.1, -0.05) is 6.07 Å². The maximum Gasteiger partial charge on any atom is 0.133 e. The van der Waals surface area contributed by atoms with Crippen molar-refractivity contribution < 1.29 is 4.74 Å². The van der Waals surface area contributed by atoms with E-state index >= 15 is 0 Å². The van der Waals surface area contributed by atoms with Gasteiger partial charge in [0.05, 0.1) is 11.6 Å². The average molecular weight is 324 g/mol. The van der Waals surface area contributed by atoms with Crippen molar-refractivity contribution in [3.8, 4) is 5.75 Å². The first-order valence-corrected chi connectivity index (χ1v) is 7.27. The maximum atomic E-state index is 5.66. The van der Waals surface area contributed by atoms with Crippen LogP contribution in [0.5, 0.6) is 5.75 Å². The molecule has 2 aromatic carbocycles. The van der Waals surface area contributed by atoms with Gasteiger partial charge in [-0.05, 0) is 57.9 Å². The quantitative estimate of drug-likeness (QED) is 0.671. The molecular formula is C14H14BrNOS. The van der Waals surface area contributed by atoms with Crippen molar-refractivity contribution in [2.45, 2.75) is 10.6 Å². The number of halogens is 1. The minimum Gasteiger partial charge on any atom is -0.496 e. The van der Waals surface area contributed by atoms with Gasteiger partial charge in [0.15, 0.2) is 0 Å². The normalized spacial score (nSPS) is 10.3. The van der Waals surface area contributed by atoms with Crippen LogP contribution in [0.1, 0.15) is 5.56 Å². The van der Waals surface area contributed by atoms with Gasteiger partial charge in [0.1, 0.15) is 5.75 Å². The van der Waals surface area contributed by atoms with E-state index in [9.17, 15) is 0 Å². The smallest absolute Gasteiger partial charge is 0.133 e. The number of hydrogen-bond acceptors (Lipinski definition) is 3. The number of ether oxygens (including phenoxy) is 1. The molecule has 2 N–H and O–H groups in total. The Balaban J connectivity index is 2.02. The first-order chi connectivity index (χ1) is 8.69. The number of nitrogen functional groups attached to an aromatic ring is 1. The summed E-state index contributed by atoms with van der Waals surface area (Å²) in [6, 6.07) is 14.1. The molecule has 4 heteroatoms. The van der Waals surface area contributed by atoms with Crippen LogP contribution in [-0.2, 0) is 5.75 Å². The van der Waals surface area contributed by atoms with Gasteiger partial charge in [-0.2, -0.15) is 0 Å². The summed E-state index contributed by atoms with van der Waals surface area (Å²) in [4.78, 5) is 1.22. The Kier molecular flexibility index (Phi) is 4.55. The van der Waals surface area contributed by atoms with E-state index in [0.717, 1.165) is 21.7 Å². The van der Waals surface area contributed by atoms with Crippen molar-refractivity contribution in [1.82, 2.24) is 0 Å². The highest BCUT2D eigenvalue weighted by atomic mass is 79.9. The van der Waals surface area contributed by atoms with Gasteiger partial charge in [-0.15, -0.1) is 11.8 Å². The van der Waals surface area contributed by atoms with Gasteiger partial charge in [0, 0.05) is 16.3 Å². The summed E-state index contributed by atoms with van der Waals surface area (Å²) in [5.74, 6) is 1.78. The van der Waals surface area contributed by atoms with Crippen molar-refractivity contribution >= 4 is 33.4 Å². The molecule has 0 atom stereocenters. The lowest BCUT2D eigenvalue weighted by Gasteiger charge is -2.06. The second kappa shape index (κ2) is 6.16. The fraction of sp³-hybridized carbons (Fsp3) is 0.143. The Bertz CT molecular complexity index is 528. The third-order valence-electron chi connectivity index (χ3n) is 2.50. The fourth-order valence-corrected chi connectivity index (χ4v) is 2.96. The molecular weight excluding hydrogens is 310 g/mol. The number of thioether (sulfide) groups is 1. The second-order valence-corrected chi connectivity index (χ2v) is 5.73. The van der Waals surface area contributed by atoms with Crippen molar-refractivity contribution in [3.05, 3.63) is 52.5 Å². The summed E-state index contributed by atoms with van der Waals surface area (Å²) in [5, 5.41) is 0. The molecule has 0 spiro atoms. The molecule has 0 amide bonds. The molecule has 0 aliphatic carbocycles. The topological polar surface area (TPSA) is 35.2 Å². The van der Waals surface area contributed by atoms with Gasteiger partial charge >= 0.3 is 0 Å². The Morgan fingerprint density at radius 3 is 2.50 bits per heavy atom. The first-order valence-electron chi connectivity index (χ1n) is 5.50. The molecule has 0 saturated carbocycles. The lowest BCUT2D eigenvalue weighted by Crippen LogP contribution is -1.87. The molecule has 2 aromatic rings. The van der Waals surface area contributed by atoms with Crippen LogP contribution in [0.4, 0.5) is 5.69 Å². The van der Waals surface area contributed by atoms with Gasteiger partial charge in [0.2, 0.25) is 0 Å². The Morgan fingerprint density at radius 1 is 1.17 bits per heavy atom. The highest BCUT2D eigenvalue weighted by Gasteiger charge is 2.02. The van der Waals surface area contributed by atoms with Gasteiger partial charge in [-0.25, -0.2) is 0 Å². The number of benzene rings is 2. The van der Waals surface area contributed by atoms with E-state index in [2.05, 4.69) is 28.1 Å². The highest BCUT2D eigenvalue weighted by Crippen LogP contribution is 2.29. The number of nitrogens with two attached hydrogens (primary N) is 1. The summed E-state index contributed by atoms with van der Waals surface area (Å²) in [6.07, 6.45) is 0. The zero-order valence-electron chi connectivity index (χ0n) is 10.0. The number of anilines is 1. The fourth-order valence-electron chi connectivity index (χ4n) is 1.53. The Labute approximate surface area is 120 Å². The summed E-state index contributed by atoms with van der Waals surface area (Å²) in [6.45, 7) is 0. The zero-order chi connectivity index (χ0) is 13.0. The number of rotatable bonds is 4. The van der Waals surface area contributed by atoms with Crippen LogP contribution in [0.2, 0.25) is 0 Å². The van der Waals surface area contributed by atoms with Crippen molar-refractivity contribution in [2.75, 3.05) is 12.8 Å². The van der Waals surface area contributed by atoms with Crippen LogP contribution in [0.3, 0.4) is 0 Å². The maximum absolute atomic E-state index is 5.66. The SMILES string of the molecule is COc1ccc(CSc2ccc(N)cc2)cc1Br. The summed E-state index contributed by atoms with van der Waals surface area (Å²) in [7, 11) is 1.67. The van der Waals surface area contributed by atoms with Crippen LogP contribution < -0.4 is 10.5 Å². The van der Waals surface area contributed by atoms with E-state index in [4.69, 9.17) is 10.5 Å². The molecule has 0 heterocycles. The predicted molar refractivity (Wildman–Crippen MR) is 81.1 cm³/mol. The summed E-state index contributed by atoms with van der Waals surface area (Å²) < 4.78 is 6.19. The molecule has 2 rings (SSSR count). The molecule has 0 unspecified atom stereocenters. The number of hydrogen-bond donors (Lipinski definition) is 1. The summed E-state index contributed by atoms with van der Waals surface area (Å²) >= 11 is 5.28. The largest absolute Gasteiger partial charge is 0.496 e. The monoisotopic (exact) mass is 323 g/mol. The number of methoxy groups -OCH3 is 1. The molecule has 0 aliphatic rings. The van der Waals surface area contributed by atoms with Crippen LogP contribution in [-0.4, -0.2) is 7.11 Å². The van der Waals surface area contributed by atoms with E-state index in [0.29, 0.717) is 0 Å². The van der Waals surface area contributed by atoms with E-state index in [1.54, 1.807) is 18.9 Å².